The third-order valence-corrected chi connectivity index (χ3v) is 4.37. The lowest BCUT2D eigenvalue weighted by Gasteiger charge is -2.09. The monoisotopic (exact) mass is 372 g/mol. The Balaban J connectivity index is 1.28. The number of rotatable bonds is 7. The Labute approximate surface area is 162 Å². The van der Waals surface area contributed by atoms with Crippen LogP contribution in [-0.4, -0.2) is 20.9 Å². The van der Waals surface area contributed by atoms with Gasteiger partial charge in [-0.15, -0.1) is 5.10 Å². The summed E-state index contributed by atoms with van der Waals surface area (Å²) < 4.78 is 7.38. The highest BCUT2D eigenvalue weighted by Gasteiger charge is 2.08. The van der Waals surface area contributed by atoms with Crippen molar-refractivity contribution in [1.82, 2.24) is 20.3 Å². The highest BCUT2D eigenvalue weighted by Crippen LogP contribution is 2.14. The van der Waals surface area contributed by atoms with Crippen LogP contribution < -0.4 is 10.1 Å². The van der Waals surface area contributed by atoms with Crippen molar-refractivity contribution in [3.8, 4) is 5.75 Å². The fourth-order valence-corrected chi connectivity index (χ4v) is 2.87. The first-order valence-electron chi connectivity index (χ1n) is 9.08. The molecule has 0 fully saturated rings. The van der Waals surface area contributed by atoms with Gasteiger partial charge in [0.05, 0.1) is 5.52 Å². The summed E-state index contributed by atoms with van der Waals surface area (Å²) in [7, 11) is 0. The van der Waals surface area contributed by atoms with Crippen molar-refractivity contribution in [2.45, 2.75) is 19.7 Å². The van der Waals surface area contributed by atoms with E-state index in [1.54, 1.807) is 4.68 Å². The van der Waals surface area contributed by atoms with Gasteiger partial charge >= 0.3 is 0 Å². The molecule has 0 unspecified atom stereocenters. The molecule has 0 atom stereocenters. The maximum atomic E-state index is 12.2. The number of carbonyl (C=O) groups is 1. The number of hydrogen-bond acceptors (Lipinski definition) is 4. The molecule has 0 spiro atoms. The van der Waals surface area contributed by atoms with Crippen LogP contribution in [0.5, 0.6) is 5.75 Å². The minimum absolute atomic E-state index is 0.111. The van der Waals surface area contributed by atoms with Gasteiger partial charge in [-0.2, -0.15) is 0 Å². The molecule has 4 aromatic rings. The molecule has 3 aromatic carbocycles. The minimum Gasteiger partial charge on any atom is -0.489 e. The topological polar surface area (TPSA) is 69.0 Å². The van der Waals surface area contributed by atoms with Gasteiger partial charge < -0.3 is 10.1 Å². The highest BCUT2D eigenvalue weighted by atomic mass is 16.5. The van der Waals surface area contributed by atoms with Crippen molar-refractivity contribution in [2.24, 2.45) is 0 Å². The molecule has 0 aliphatic rings. The Bertz CT molecular complexity index is 1060. The molecule has 0 bridgehead atoms. The van der Waals surface area contributed by atoms with Crippen molar-refractivity contribution in [3.05, 3.63) is 90.0 Å². The Morgan fingerprint density at radius 3 is 2.46 bits per heavy atom. The number of carbonyl (C=O) groups excluding carboxylic acids is 1. The van der Waals surface area contributed by atoms with Crippen LogP contribution in [-0.2, 0) is 24.5 Å². The maximum absolute atomic E-state index is 12.2. The van der Waals surface area contributed by atoms with E-state index in [2.05, 4.69) is 15.6 Å². The zero-order chi connectivity index (χ0) is 19.2. The molecule has 28 heavy (non-hydrogen) atoms. The first-order chi connectivity index (χ1) is 13.8. The van der Waals surface area contributed by atoms with Crippen molar-refractivity contribution >= 4 is 16.9 Å². The molecule has 1 amide bonds. The molecule has 1 aromatic heterocycles. The molecule has 0 aliphatic carbocycles. The second kappa shape index (κ2) is 8.35. The second-order valence-corrected chi connectivity index (χ2v) is 6.43. The van der Waals surface area contributed by atoms with Crippen LogP contribution >= 0.6 is 0 Å². The van der Waals surface area contributed by atoms with Gasteiger partial charge in [0.2, 0.25) is 5.91 Å². The van der Waals surface area contributed by atoms with E-state index in [-0.39, 0.29) is 12.5 Å². The average Bonchev–Trinajstić information content (AvgIpc) is 3.15. The molecule has 6 heteroatoms. The summed E-state index contributed by atoms with van der Waals surface area (Å²) in [5.74, 6) is 0.688. The molecule has 4 rings (SSSR count). The van der Waals surface area contributed by atoms with Gasteiger partial charge in [0.15, 0.2) is 0 Å². The van der Waals surface area contributed by atoms with Crippen molar-refractivity contribution in [2.75, 3.05) is 0 Å². The quantitative estimate of drug-likeness (QED) is 0.540. The van der Waals surface area contributed by atoms with Crippen molar-refractivity contribution < 1.29 is 9.53 Å². The van der Waals surface area contributed by atoms with E-state index in [9.17, 15) is 4.79 Å². The highest BCUT2D eigenvalue weighted by molar-refractivity contribution is 5.79. The Morgan fingerprint density at radius 2 is 1.64 bits per heavy atom. The van der Waals surface area contributed by atoms with E-state index in [1.165, 1.54) is 0 Å². The fraction of sp³-hybridized carbons (Fsp3) is 0.136. The van der Waals surface area contributed by atoms with Crippen LogP contribution in [0.2, 0.25) is 0 Å². The van der Waals surface area contributed by atoms with Crippen LogP contribution in [0, 0.1) is 0 Å². The van der Waals surface area contributed by atoms with Crippen LogP contribution in [0.25, 0.3) is 11.0 Å². The lowest BCUT2D eigenvalue weighted by atomic mass is 10.2. The molecule has 0 saturated heterocycles. The summed E-state index contributed by atoms with van der Waals surface area (Å²) in [6, 6.07) is 25.3. The first kappa shape index (κ1) is 17.7. The molecule has 6 nitrogen and oxygen atoms in total. The standard InChI is InChI=1S/C22H20N4O2/c27-22(15-26-21-9-5-4-8-20(21)24-25-26)23-14-17-10-12-19(13-11-17)28-16-18-6-2-1-3-7-18/h1-13H,14-16H2,(H,23,27). The third-order valence-electron chi connectivity index (χ3n) is 4.37. The predicted octanol–water partition coefficient (Wildman–Crippen LogP) is 3.33. The van der Waals surface area contributed by atoms with Gasteiger partial charge in [-0.1, -0.05) is 59.8 Å². The first-order valence-corrected chi connectivity index (χ1v) is 9.08. The van der Waals surface area contributed by atoms with E-state index in [1.807, 2.05) is 78.9 Å². The number of ether oxygens (including phenoxy) is 1. The zero-order valence-electron chi connectivity index (χ0n) is 15.3. The van der Waals surface area contributed by atoms with Gasteiger partial charge in [-0.25, -0.2) is 4.68 Å². The van der Waals surface area contributed by atoms with Gasteiger partial charge in [-0.3, -0.25) is 4.79 Å². The third kappa shape index (κ3) is 4.35. The Hall–Kier alpha value is -3.67. The maximum Gasteiger partial charge on any atom is 0.242 e. The lowest BCUT2D eigenvalue weighted by molar-refractivity contribution is -0.121. The Kier molecular flexibility index (Phi) is 5.29. The summed E-state index contributed by atoms with van der Waals surface area (Å²) in [5.41, 5.74) is 3.75. The normalized spacial score (nSPS) is 10.7. The van der Waals surface area contributed by atoms with Gasteiger partial charge in [0.25, 0.3) is 0 Å². The number of amides is 1. The molecule has 1 heterocycles. The average molecular weight is 372 g/mol. The smallest absolute Gasteiger partial charge is 0.242 e. The van der Waals surface area contributed by atoms with Crippen LogP contribution in [0.15, 0.2) is 78.9 Å². The number of aromatic nitrogens is 3. The van der Waals surface area contributed by atoms with E-state index in [0.717, 1.165) is 27.9 Å². The SMILES string of the molecule is O=C(Cn1nnc2ccccc21)NCc1ccc(OCc2ccccc2)cc1. The largest absolute Gasteiger partial charge is 0.489 e. The van der Waals surface area contributed by atoms with Gasteiger partial charge in [0.1, 0.15) is 24.4 Å². The van der Waals surface area contributed by atoms with Crippen LogP contribution in [0.4, 0.5) is 0 Å². The lowest BCUT2D eigenvalue weighted by Crippen LogP contribution is -2.27. The zero-order valence-corrected chi connectivity index (χ0v) is 15.3. The fourth-order valence-electron chi connectivity index (χ4n) is 2.87. The van der Waals surface area contributed by atoms with Crippen LogP contribution in [0.3, 0.4) is 0 Å². The predicted molar refractivity (Wildman–Crippen MR) is 107 cm³/mol. The van der Waals surface area contributed by atoms with Gasteiger partial charge in [-0.05, 0) is 35.4 Å². The summed E-state index contributed by atoms with van der Waals surface area (Å²) >= 11 is 0. The van der Waals surface area contributed by atoms with E-state index in [4.69, 9.17) is 4.74 Å². The molecular weight excluding hydrogens is 352 g/mol. The van der Waals surface area contributed by atoms with Crippen LogP contribution in [0.1, 0.15) is 11.1 Å². The molecule has 0 aliphatic heterocycles. The molecule has 0 saturated carbocycles. The van der Waals surface area contributed by atoms with Crippen molar-refractivity contribution in [3.63, 3.8) is 0 Å². The number of hydrogen-bond donors (Lipinski definition) is 1. The van der Waals surface area contributed by atoms with E-state index < -0.39 is 0 Å². The number of benzene rings is 3. The molecule has 140 valence electrons. The molecule has 0 radical (unpaired) electrons. The molecular formula is C22H20N4O2. The summed E-state index contributed by atoms with van der Waals surface area (Å²) in [6.07, 6.45) is 0. The number of fused-ring (bicyclic) bond motifs is 1. The Morgan fingerprint density at radius 1 is 0.893 bits per heavy atom. The summed E-state index contributed by atoms with van der Waals surface area (Å²) in [4.78, 5) is 12.2. The number of nitrogens with one attached hydrogen (secondary N) is 1. The minimum atomic E-state index is -0.111. The van der Waals surface area contributed by atoms with E-state index >= 15 is 0 Å². The van der Waals surface area contributed by atoms with E-state index in [0.29, 0.717) is 13.2 Å². The summed E-state index contributed by atoms with van der Waals surface area (Å²) in [6.45, 7) is 1.12. The summed E-state index contributed by atoms with van der Waals surface area (Å²) in [5, 5.41) is 11.0. The molecule has 1 N–H and O–H groups in total. The second-order valence-electron chi connectivity index (χ2n) is 6.43. The van der Waals surface area contributed by atoms with Gasteiger partial charge in [0, 0.05) is 6.54 Å². The van der Waals surface area contributed by atoms with Crippen molar-refractivity contribution in [1.29, 1.82) is 0 Å². The number of para-hydroxylation sites is 1. The number of nitrogens with zero attached hydrogens (tertiary/aromatic N) is 3.